The summed E-state index contributed by atoms with van der Waals surface area (Å²) in [5.74, 6) is 1.45. The van der Waals surface area contributed by atoms with Crippen LogP contribution in [0.25, 0.3) is 6.08 Å². The van der Waals surface area contributed by atoms with Gasteiger partial charge in [0.15, 0.2) is 0 Å². The number of hydrogen-bond donors (Lipinski definition) is 1. The second-order valence-corrected chi connectivity index (χ2v) is 6.61. The van der Waals surface area contributed by atoms with Crippen LogP contribution in [0.1, 0.15) is 32.3 Å². The predicted molar refractivity (Wildman–Crippen MR) is 93.1 cm³/mol. The van der Waals surface area contributed by atoms with Crippen molar-refractivity contribution in [3.8, 4) is 11.5 Å². The van der Waals surface area contributed by atoms with E-state index in [9.17, 15) is 4.79 Å². The first-order valence-corrected chi connectivity index (χ1v) is 8.41. The summed E-state index contributed by atoms with van der Waals surface area (Å²) in [6, 6.07) is 5.47. The molecule has 1 aliphatic rings. The van der Waals surface area contributed by atoms with Gasteiger partial charge in [0.25, 0.3) is 0 Å². The minimum absolute atomic E-state index is 0.326. The topological polar surface area (TPSA) is 61.4 Å². The Morgan fingerprint density at radius 1 is 1.21 bits per heavy atom. The molecule has 24 heavy (non-hydrogen) atoms. The van der Waals surface area contributed by atoms with E-state index in [1.165, 1.54) is 6.08 Å². The molecule has 2 rings (SSSR count). The highest BCUT2D eigenvalue weighted by molar-refractivity contribution is 5.88. The van der Waals surface area contributed by atoms with Crippen molar-refractivity contribution in [1.82, 2.24) is 0 Å². The Morgan fingerprint density at radius 3 is 2.54 bits per heavy atom. The van der Waals surface area contributed by atoms with Crippen LogP contribution < -0.4 is 14.8 Å². The molecule has 1 fully saturated rings. The van der Waals surface area contributed by atoms with Gasteiger partial charge >= 0.3 is 5.97 Å². The number of nitrogens with two attached hydrogens (primary N) is 1. The van der Waals surface area contributed by atoms with E-state index in [1.807, 2.05) is 26.0 Å². The number of piperidine rings is 1. The molecule has 0 amide bonds. The van der Waals surface area contributed by atoms with E-state index in [0.717, 1.165) is 31.5 Å². The highest BCUT2D eigenvalue weighted by Crippen LogP contribution is 2.29. The van der Waals surface area contributed by atoms with Crippen molar-refractivity contribution >= 4 is 12.0 Å². The average Bonchev–Trinajstić information content (AvgIpc) is 2.60. The van der Waals surface area contributed by atoms with Crippen molar-refractivity contribution in [3.63, 3.8) is 0 Å². The molecule has 0 spiro atoms. The Hall–Kier alpha value is -2.01. The molecule has 0 bridgehead atoms. The van der Waals surface area contributed by atoms with Gasteiger partial charge in [-0.15, -0.1) is 0 Å². The molecular weight excluding hydrogens is 306 g/mol. The first-order valence-electron chi connectivity index (χ1n) is 8.41. The fourth-order valence-electron chi connectivity index (χ4n) is 3.11. The quantitative estimate of drug-likeness (QED) is 0.639. The number of ether oxygens (including phenoxy) is 3. The molecule has 1 aromatic carbocycles. The van der Waals surface area contributed by atoms with Gasteiger partial charge in [-0.05, 0) is 32.1 Å². The number of rotatable bonds is 6. The summed E-state index contributed by atoms with van der Waals surface area (Å²) in [6.07, 6.45) is 5.33. The maximum Gasteiger partial charge on any atom is 0.331 e. The third-order valence-electron chi connectivity index (χ3n) is 4.62. The summed E-state index contributed by atoms with van der Waals surface area (Å²) >= 11 is 0. The van der Waals surface area contributed by atoms with Gasteiger partial charge in [-0.25, -0.2) is 4.79 Å². The van der Waals surface area contributed by atoms with Gasteiger partial charge in [0.05, 0.1) is 27.3 Å². The molecule has 0 aromatic heterocycles. The number of methoxy groups -OCH3 is 2. The fraction of sp³-hybridized carbons (Fsp3) is 0.526. The number of hydrogen-bond acceptors (Lipinski definition) is 4. The molecule has 1 aromatic rings. The first kappa shape index (κ1) is 18.3. The van der Waals surface area contributed by atoms with Crippen molar-refractivity contribution in [3.05, 3.63) is 29.8 Å². The maximum atomic E-state index is 12.2. The molecule has 0 saturated carbocycles. The number of carbonyl (C=O) groups excluding carboxylic acids is 1. The predicted octanol–water partition coefficient (Wildman–Crippen LogP) is 2.01. The Bertz CT molecular complexity index is 589. The van der Waals surface area contributed by atoms with Crippen molar-refractivity contribution in [2.75, 3.05) is 27.3 Å². The monoisotopic (exact) mass is 334 g/mol. The standard InChI is InChI=1S/C19H27NO4/c1-19(2,15-9-11-20-12-10-15)24-18(21)8-6-14-5-7-16(22-3)13-17(14)23-4/h5-8,13,15,20H,9-12H2,1-4H3/p+1/b8-6+. The molecular formula is C19H28NO4+. The van der Waals surface area contributed by atoms with Gasteiger partial charge in [-0.2, -0.15) is 0 Å². The number of quaternary nitrogens is 1. The van der Waals surface area contributed by atoms with E-state index >= 15 is 0 Å². The van der Waals surface area contributed by atoms with Gasteiger partial charge in [-0.1, -0.05) is 0 Å². The Kier molecular flexibility index (Phi) is 6.26. The maximum absolute atomic E-state index is 12.2. The van der Waals surface area contributed by atoms with Crippen LogP contribution in [0, 0.1) is 5.92 Å². The molecule has 1 heterocycles. The van der Waals surface area contributed by atoms with Gasteiger partial charge < -0.3 is 19.5 Å². The fourth-order valence-corrected chi connectivity index (χ4v) is 3.11. The first-order chi connectivity index (χ1) is 11.5. The smallest absolute Gasteiger partial charge is 0.331 e. The summed E-state index contributed by atoms with van der Waals surface area (Å²) in [5, 5.41) is 2.31. The minimum atomic E-state index is -0.445. The van der Waals surface area contributed by atoms with Crippen LogP contribution in [0.5, 0.6) is 11.5 Å². The van der Waals surface area contributed by atoms with Crippen LogP contribution in [0.3, 0.4) is 0 Å². The van der Waals surface area contributed by atoms with Crippen molar-refractivity contribution in [1.29, 1.82) is 0 Å². The molecule has 0 unspecified atom stereocenters. The highest BCUT2D eigenvalue weighted by atomic mass is 16.6. The lowest BCUT2D eigenvalue weighted by atomic mass is 9.83. The molecule has 1 aliphatic heterocycles. The molecule has 2 N–H and O–H groups in total. The van der Waals surface area contributed by atoms with Crippen molar-refractivity contribution < 1.29 is 24.3 Å². The average molecular weight is 334 g/mol. The zero-order valence-electron chi connectivity index (χ0n) is 15.0. The number of benzene rings is 1. The van der Waals surface area contributed by atoms with Crippen LogP contribution in [0.2, 0.25) is 0 Å². The summed E-state index contributed by atoms with van der Waals surface area (Å²) in [6.45, 7) is 6.21. The molecule has 5 nitrogen and oxygen atoms in total. The van der Waals surface area contributed by atoms with Crippen molar-refractivity contribution in [2.45, 2.75) is 32.3 Å². The van der Waals surface area contributed by atoms with Gasteiger partial charge in [0, 0.05) is 36.5 Å². The second-order valence-electron chi connectivity index (χ2n) is 6.61. The molecule has 0 radical (unpaired) electrons. The summed E-state index contributed by atoms with van der Waals surface area (Å²) in [5.41, 5.74) is 0.361. The molecule has 1 saturated heterocycles. The Morgan fingerprint density at radius 2 is 1.92 bits per heavy atom. The summed E-state index contributed by atoms with van der Waals surface area (Å²) < 4.78 is 16.2. The lowest BCUT2D eigenvalue weighted by Gasteiger charge is -2.35. The largest absolute Gasteiger partial charge is 0.497 e. The Labute approximate surface area is 144 Å². The van der Waals surface area contributed by atoms with Gasteiger partial charge in [0.2, 0.25) is 0 Å². The second kappa shape index (κ2) is 8.20. The number of esters is 1. The minimum Gasteiger partial charge on any atom is -0.497 e. The van der Waals surface area contributed by atoms with Crippen molar-refractivity contribution in [2.24, 2.45) is 5.92 Å². The van der Waals surface area contributed by atoms with E-state index < -0.39 is 5.60 Å². The molecule has 0 aliphatic carbocycles. The van der Waals surface area contributed by atoms with Crippen LogP contribution in [-0.4, -0.2) is 38.9 Å². The third kappa shape index (κ3) is 4.74. The van der Waals surface area contributed by atoms with E-state index in [1.54, 1.807) is 26.4 Å². The zero-order valence-corrected chi connectivity index (χ0v) is 15.0. The molecule has 5 heteroatoms. The lowest BCUT2D eigenvalue weighted by Crippen LogP contribution is -2.86. The van der Waals surface area contributed by atoms with E-state index in [0.29, 0.717) is 17.4 Å². The van der Waals surface area contributed by atoms with Gasteiger partial charge in [0.1, 0.15) is 17.1 Å². The van der Waals surface area contributed by atoms with Crippen LogP contribution in [-0.2, 0) is 9.53 Å². The van der Waals surface area contributed by atoms with Crippen LogP contribution >= 0.6 is 0 Å². The summed E-state index contributed by atoms with van der Waals surface area (Å²) in [4.78, 5) is 12.2. The lowest BCUT2D eigenvalue weighted by molar-refractivity contribution is -0.665. The molecule has 132 valence electrons. The van der Waals surface area contributed by atoms with E-state index in [2.05, 4.69) is 5.32 Å². The number of carbonyl (C=O) groups is 1. The third-order valence-corrected chi connectivity index (χ3v) is 4.62. The Balaban J connectivity index is 2.02. The van der Waals surface area contributed by atoms with Crippen LogP contribution in [0.15, 0.2) is 24.3 Å². The molecule has 0 atom stereocenters. The normalized spacial score (nSPS) is 16.2. The van der Waals surface area contributed by atoms with E-state index in [-0.39, 0.29) is 5.97 Å². The zero-order chi connectivity index (χ0) is 17.6. The SMILES string of the molecule is COc1ccc(/C=C/C(=O)OC(C)(C)C2CC[NH2+]CC2)c(OC)c1. The van der Waals surface area contributed by atoms with Crippen LogP contribution in [0.4, 0.5) is 0 Å². The highest BCUT2D eigenvalue weighted by Gasteiger charge is 2.34. The summed E-state index contributed by atoms with van der Waals surface area (Å²) in [7, 11) is 3.19. The van der Waals surface area contributed by atoms with E-state index in [4.69, 9.17) is 14.2 Å². The van der Waals surface area contributed by atoms with Gasteiger partial charge in [-0.3, -0.25) is 0 Å².